The molecule has 0 heterocycles. The van der Waals surface area contributed by atoms with Gasteiger partial charge in [0, 0.05) is 5.54 Å². The summed E-state index contributed by atoms with van der Waals surface area (Å²) in [6, 6.07) is 0. The molecule has 0 aliphatic heterocycles. The van der Waals surface area contributed by atoms with Gasteiger partial charge in [0.15, 0.2) is 0 Å². The molecule has 1 rings (SSSR count). The van der Waals surface area contributed by atoms with E-state index in [1.165, 1.54) is 6.42 Å². The van der Waals surface area contributed by atoms with Crippen LogP contribution in [0.2, 0.25) is 0 Å². The summed E-state index contributed by atoms with van der Waals surface area (Å²) in [6.07, 6.45) is 3.68. The molecule has 1 saturated carbocycles. The zero-order valence-electron chi connectivity index (χ0n) is 10.9. The van der Waals surface area contributed by atoms with Crippen molar-refractivity contribution >= 4 is 0 Å². The highest BCUT2D eigenvalue weighted by molar-refractivity contribution is 5.05. The van der Waals surface area contributed by atoms with Crippen molar-refractivity contribution in [1.82, 2.24) is 0 Å². The van der Waals surface area contributed by atoms with Crippen LogP contribution in [0.4, 0.5) is 0 Å². The summed E-state index contributed by atoms with van der Waals surface area (Å²) >= 11 is 0. The lowest BCUT2D eigenvalue weighted by Crippen LogP contribution is -2.62. The fourth-order valence-corrected chi connectivity index (χ4v) is 3.29. The molecule has 1 aliphatic rings. The van der Waals surface area contributed by atoms with E-state index in [2.05, 4.69) is 27.7 Å². The molecule has 0 saturated heterocycles. The summed E-state index contributed by atoms with van der Waals surface area (Å²) in [4.78, 5) is 0. The monoisotopic (exact) mass is 213 g/mol. The molecule has 2 heteroatoms. The quantitative estimate of drug-likeness (QED) is 0.741. The SMILES string of the molecule is CCC(C)(N)C1(O)CC(C)CC(C)(C)C1. The van der Waals surface area contributed by atoms with E-state index in [9.17, 15) is 5.11 Å². The molecule has 0 bridgehead atoms. The molecule has 3 N–H and O–H groups in total. The van der Waals surface area contributed by atoms with Gasteiger partial charge in [0.25, 0.3) is 0 Å². The number of aliphatic hydroxyl groups is 1. The first-order chi connectivity index (χ1) is 6.62. The third-order valence-corrected chi connectivity index (χ3v) is 4.16. The summed E-state index contributed by atoms with van der Waals surface area (Å²) in [5.74, 6) is 0.563. The van der Waals surface area contributed by atoms with Crippen molar-refractivity contribution in [1.29, 1.82) is 0 Å². The van der Waals surface area contributed by atoms with E-state index in [0.717, 1.165) is 19.3 Å². The standard InChI is InChI=1S/C13H27NO/c1-6-12(5,14)13(15)8-10(2)7-11(3,4)9-13/h10,15H,6-9,14H2,1-5H3. The lowest BCUT2D eigenvalue weighted by molar-refractivity contribution is -0.107. The first kappa shape index (κ1) is 13.0. The van der Waals surface area contributed by atoms with Gasteiger partial charge in [-0.05, 0) is 43.9 Å². The molecule has 3 unspecified atom stereocenters. The van der Waals surface area contributed by atoms with E-state index in [1.807, 2.05) is 6.92 Å². The molecule has 0 aromatic heterocycles. The Labute approximate surface area is 94.2 Å². The van der Waals surface area contributed by atoms with Crippen LogP contribution in [0.1, 0.15) is 60.3 Å². The van der Waals surface area contributed by atoms with E-state index < -0.39 is 11.1 Å². The van der Waals surface area contributed by atoms with Crippen molar-refractivity contribution in [2.45, 2.75) is 71.4 Å². The van der Waals surface area contributed by atoms with Crippen LogP contribution in [-0.2, 0) is 0 Å². The molecule has 0 radical (unpaired) electrons. The molecule has 0 aromatic rings. The predicted octanol–water partition coefficient (Wildman–Crippen LogP) is 2.69. The highest BCUT2D eigenvalue weighted by Gasteiger charge is 2.50. The molecule has 0 aromatic carbocycles. The number of rotatable bonds is 2. The average Bonchev–Trinajstić information content (AvgIpc) is 1.99. The summed E-state index contributed by atoms with van der Waals surface area (Å²) in [6.45, 7) is 10.7. The molecular weight excluding hydrogens is 186 g/mol. The van der Waals surface area contributed by atoms with Gasteiger partial charge in [-0.1, -0.05) is 27.7 Å². The maximum Gasteiger partial charge on any atom is 0.0831 e. The lowest BCUT2D eigenvalue weighted by atomic mass is 9.60. The van der Waals surface area contributed by atoms with Crippen molar-refractivity contribution in [3.63, 3.8) is 0 Å². The van der Waals surface area contributed by atoms with Crippen LogP contribution in [0.5, 0.6) is 0 Å². The molecule has 2 nitrogen and oxygen atoms in total. The lowest BCUT2D eigenvalue weighted by Gasteiger charge is -2.51. The van der Waals surface area contributed by atoms with E-state index in [-0.39, 0.29) is 5.41 Å². The number of hydrogen-bond donors (Lipinski definition) is 2. The zero-order valence-corrected chi connectivity index (χ0v) is 10.9. The summed E-state index contributed by atoms with van der Waals surface area (Å²) in [7, 11) is 0. The molecule has 3 atom stereocenters. The van der Waals surface area contributed by atoms with Crippen molar-refractivity contribution < 1.29 is 5.11 Å². The van der Waals surface area contributed by atoms with E-state index in [1.54, 1.807) is 0 Å². The van der Waals surface area contributed by atoms with Crippen molar-refractivity contribution in [2.24, 2.45) is 17.1 Å². The molecule has 90 valence electrons. The fourth-order valence-electron chi connectivity index (χ4n) is 3.29. The highest BCUT2D eigenvalue weighted by Crippen LogP contribution is 2.48. The van der Waals surface area contributed by atoms with Gasteiger partial charge < -0.3 is 10.8 Å². The molecule has 1 fully saturated rings. The maximum atomic E-state index is 10.8. The van der Waals surface area contributed by atoms with Crippen LogP contribution >= 0.6 is 0 Å². The van der Waals surface area contributed by atoms with E-state index in [0.29, 0.717) is 5.92 Å². The van der Waals surface area contributed by atoms with Crippen LogP contribution in [0.3, 0.4) is 0 Å². The Hall–Kier alpha value is -0.0800. The Balaban J connectivity index is 2.93. The van der Waals surface area contributed by atoms with Crippen LogP contribution in [-0.4, -0.2) is 16.2 Å². The predicted molar refractivity (Wildman–Crippen MR) is 64.6 cm³/mol. The van der Waals surface area contributed by atoms with Gasteiger partial charge in [-0.2, -0.15) is 0 Å². The Morgan fingerprint density at radius 2 is 1.93 bits per heavy atom. The topological polar surface area (TPSA) is 46.2 Å². The third-order valence-electron chi connectivity index (χ3n) is 4.16. The van der Waals surface area contributed by atoms with Crippen LogP contribution in [0.15, 0.2) is 0 Å². The van der Waals surface area contributed by atoms with Gasteiger partial charge in [0.1, 0.15) is 0 Å². The third kappa shape index (κ3) is 2.54. The average molecular weight is 213 g/mol. The van der Waals surface area contributed by atoms with Crippen molar-refractivity contribution in [3.05, 3.63) is 0 Å². The second kappa shape index (κ2) is 3.74. The second-order valence-corrected chi connectivity index (χ2v) is 6.66. The second-order valence-electron chi connectivity index (χ2n) is 6.66. The van der Waals surface area contributed by atoms with Gasteiger partial charge in [-0.25, -0.2) is 0 Å². The number of nitrogens with two attached hydrogens (primary N) is 1. The van der Waals surface area contributed by atoms with Crippen molar-refractivity contribution in [2.75, 3.05) is 0 Å². The summed E-state index contributed by atoms with van der Waals surface area (Å²) < 4.78 is 0. The fraction of sp³-hybridized carbons (Fsp3) is 1.00. The maximum absolute atomic E-state index is 10.8. The summed E-state index contributed by atoms with van der Waals surface area (Å²) in [5.41, 5.74) is 5.32. The summed E-state index contributed by atoms with van der Waals surface area (Å²) in [5, 5.41) is 10.8. The van der Waals surface area contributed by atoms with Crippen molar-refractivity contribution in [3.8, 4) is 0 Å². The first-order valence-electron chi connectivity index (χ1n) is 6.13. The number of hydrogen-bond acceptors (Lipinski definition) is 2. The van der Waals surface area contributed by atoms with Crippen LogP contribution in [0, 0.1) is 11.3 Å². The van der Waals surface area contributed by atoms with Gasteiger partial charge in [-0.15, -0.1) is 0 Å². The molecule has 0 amide bonds. The first-order valence-corrected chi connectivity index (χ1v) is 6.13. The van der Waals surface area contributed by atoms with E-state index >= 15 is 0 Å². The van der Waals surface area contributed by atoms with E-state index in [4.69, 9.17) is 5.73 Å². The van der Waals surface area contributed by atoms with Crippen LogP contribution < -0.4 is 5.73 Å². The van der Waals surface area contributed by atoms with Gasteiger partial charge in [0.2, 0.25) is 0 Å². The Bertz CT molecular complexity index is 235. The minimum Gasteiger partial charge on any atom is -0.388 e. The molecule has 0 spiro atoms. The zero-order chi connectivity index (χ0) is 11.9. The Morgan fingerprint density at radius 1 is 1.40 bits per heavy atom. The van der Waals surface area contributed by atoms with Gasteiger partial charge in [0.05, 0.1) is 5.60 Å². The Morgan fingerprint density at radius 3 is 2.33 bits per heavy atom. The smallest absolute Gasteiger partial charge is 0.0831 e. The Kier molecular flexibility index (Phi) is 3.24. The molecule has 15 heavy (non-hydrogen) atoms. The highest BCUT2D eigenvalue weighted by atomic mass is 16.3. The molecule has 1 aliphatic carbocycles. The van der Waals surface area contributed by atoms with Gasteiger partial charge in [-0.3, -0.25) is 0 Å². The normalized spacial score (nSPS) is 39.8. The minimum atomic E-state index is -0.692. The minimum absolute atomic E-state index is 0.211. The van der Waals surface area contributed by atoms with Gasteiger partial charge >= 0.3 is 0 Å². The molecular formula is C13H27NO. The largest absolute Gasteiger partial charge is 0.388 e. The van der Waals surface area contributed by atoms with Crippen LogP contribution in [0.25, 0.3) is 0 Å².